The van der Waals surface area contributed by atoms with Crippen molar-refractivity contribution in [2.45, 2.75) is 50.7 Å². The third-order valence-corrected chi connectivity index (χ3v) is 8.62. The number of hydrogen-bond acceptors (Lipinski definition) is 4. The maximum Gasteiger partial charge on any atom is 0.264 e. The normalized spacial score (nSPS) is 12.0. The topological polar surface area (TPSA) is 86.8 Å². The van der Waals surface area contributed by atoms with Crippen LogP contribution in [0.4, 0.5) is 5.69 Å². The van der Waals surface area contributed by atoms with Crippen LogP contribution in [-0.2, 0) is 32.6 Å². The summed E-state index contributed by atoms with van der Waals surface area (Å²) in [4.78, 5) is 29.6. The molecule has 0 heterocycles. The van der Waals surface area contributed by atoms with Crippen LogP contribution in [0.2, 0.25) is 0 Å². The number of aryl methyl sites for hydroxylation is 1. The predicted octanol–water partition coefficient (Wildman–Crippen LogP) is 5.36. The molecule has 8 heteroatoms. The van der Waals surface area contributed by atoms with Gasteiger partial charge in [-0.2, -0.15) is 0 Å². The molecule has 0 saturated heterocycles. The minimum Gasteiger partial charge on any atom is -0.352 e. The van der Waals surface area contributed by atoms with Crippen LogP contribution in [0.3, 0.4) is 0 Å². The fourth-order valence-electron chi connectivity index (χ4n) is 4.67. The van der Waals surface area contributed by atoms with Crippen LogP contribution in [0.1, 0.15) is 30.5 Å². The van der Waals surface area contributed by atoms with E-state index in [4.69, 9.17) is 0 Å². The van der Waals surface area contributed by atoms with Crippen molar-refractivity contribution in [1.82, 2.24) is 10.2 Å². The maximum absolute atomic E-state index is 14.3. The molecule has 1 N–H and O–H groups in total. The Bertz CT molecular complexity index is 1560. The molecule has 0 aliphatic heterocycles. The van der Waals surface area contributed by atoms with Gasteiger partial charge in [0.05, 0.1) is 10.6 Å². The van der Waals surface area contributed by atoms with Gasteiger partial charge in [0.25, 0.3) is 10.0 Å². The molecule has 0 radical (unpaired) electrons. The van der Waals surface area contributed by atoms with Crippen LogP contribution < -0.4 is 9.62 Å². The van der Waals surface area contributed by atoms with Crippen molar-refractivity contribution in [3.63, 3.8) is 0 Å². The van der Waals surface area contributed by atoms with Gasteiger partial charge >= 0.3 is 0 Å². The van der Waals surface area contributed by atoms with Crippen molar-refractivity contribution in [2.24, 2.45) is 0 Å². The van der Waals surface area contributed by atoms with Gasteiger partial charge in [0.2, 0.25) is 11.8 Å². The molecule has 0 fully saturated rings. The van der Waals surface area contributed by atoms with E-state index in [1.807, 2.05) is 93.6 Å². The Labute approximate surface area is 248 Å². The number of nitrogens with one attached hydrogen (secondary N) is 1. The van der Waals surface area contributed by atoms with Crippen LogP contribution in [0.5, 0.6) is 0 Å². The zero-order valence-corrected chi connectivity index (χ0v) is 25.0. The summed E-state index contributed by atoms with van der Waals surface area (Å²) < 4.78 is 29.0. The summed E-state index contributed by atoms with van der Waals surface area (Å²) in [7, 11) is -4.11. The molecular weight excluding hydrogens is 546 g/mol. The van der Waals surface area contributed by atoms with Gasteiger partial charge in [-0.25, -0.2) is 8.42 Å². The van der Waals surface area contributed by atoms with E-state index in [1.165, 1.54) is 17.0 Å². The number of rotatable bonds is 12. The van der Waals surface area contributed by atoms with E-state index in [2.05, 4.69) is 5.32 Å². The quantitative estimate of drug-likeness (QED) is 0.244. The molecule has 4 rings (SSSR count). The smallest absolute Gasteiger partial charge is 0.264 e. The highest BCUT2D eigenvalue weighted by Crippen LogP contribution is 2.25. The summed E-state index contributed by atoms with van der Waals surface area (Å²) >= 11 is 0. The molecule has 42 heavy (non-hydrogen) atoms. The zero-order valence-electron chi connectivity index (χ0n) is 24.2. The molecular formula is C34H37N3O4S. The lowest BCUT2D eigenvalue weighted by Crippen LogP contribution is -2.54. The Balaban J connectivity index is 1.78. The molecule has 1 atom stereocenters. The van der Waals surface area contributed by atoms with E-state index >= 15 is 0 Å². The van der Waals surface area contributed by atoms with E-state index in [0.29, 0.717) is 5.69 Å². The number of amides is 2. The lowest BCUT2D eigenvalue weighted by Gasteiger charge is -2.34. The fraction of sp³-hybridized carbons (Fsp3) is 0.235. The number of benzene rings is 4. The molecule has 4 aromatic rings. The van der Waals surface area contributed by atoms with E-state index in [0.717, 1.165) is 21.0 Å². The van der Waals surface area contributed by atoms with Crippen molar-refractivity contribution in [1.29, 1.82) is 0 Å². The fourth-order valence-corrected chi connectivity index (χ4v) is 6.11. The first-order chi connectivity index (χ1) is 20.1. The second kappa shape index (κ2) is 14.0. The summed E-state index contributed by atoms with van der Waals surface area (Å²) in [6.45, 7) is 5.30. The van der Waals surface area contributed by atoms with Gasteiger partial charge in [-0.1, -0.05) is 96.6 Å². The number of carbonyl (C=O) groups is 2. The Morgan fingerprint density at radius 1 is 0.738 bits per heavy atom. The SMILES string of the molecule is Cc1ccc(N(CC(=O)N(Cc2ccccc2)[C@@H](Cc2ccccc2)C(=O)NC(C)C)S(=O)(=O)c2ccccc2)cc1. The first-order valence-electron chi connectivity index (χ1n) is 14.0. The summed E-state index contributed by atoms with van der Waals surface area (Å²) in [6.07, 6.45) is 0.272. The average molecular weight is 584 g/mol. The minimum absolute atomic E-state index is 0.0753. The van der Waals surface area contributed by atoms with Crippen LogP contribution in [0.25, 0.3) is 0 Å². The maximum atomic E-state index is 14.3. The monoisotopic (exact) mass is 583 g/mol. The van der Waals surface area contributed by atoms with Gasteiger partial charge in [0.15, 0.2) is 0 Å². The lowest BCUT2D eigenvalue weighted by atomic mass is 10.0. The van der Waals surface area contributed by atoms with Gasteiger partial charge in [-0.3, -0.25) is 13.9 Å². The summed E-state index contributed by atoms with van der Waals surface area (Å²) in [6, 6.07) is 33.0. The highest BCUT2D eigenvalue weighted by Gasteiger charge is 2.34. The molecule has 218 valence electrons. The van der Waals surface area contributed by atoms with Gasteiger partial charge in [-0.15, -0.1) is 0 Å². The van der Waals surface area contributed by atoms with Crippen molar-refractivity contribution in [3.8, 4) is 0 Å². The Hall–Kier alpha value is -4.43. The van der Waals surface area contributed by atoms with Crippen LogP contribution in [0.15, 0.2) is 120 Å². The first kappa shape index (κ1) is 30.5. The standard InChI is InChI=1S/C34H37N3O4S/c1-26(2)35-34(39)32(23-28-13-7-4-8-14-28)36(24-29-15-9-5-10-16-29)33(38)25-37(30-21-19-27(3)20-22-30)42(40,41)31-17-11-6-12-18-31/h4-22,26,32H,23-25H2,1-3H3,(H,35,39)/t32-/m0/s1. The second-order valence-electron chi connectivity index (χ2n) is 10.5. The number of anilines is 1. The molecule has 0 aromatic heterocycles. The van der Waals surface area contributed by atoms with Gasteiger partial charge in [0, 0.05) is 19.0 Å². The lowest BCUT2D eigenvalue weighted by molar-refractivity contribution is -0.140. The van der Waals surface area contributed by atoms with E-state index in [-0.39, 0.29) is 29.8 Å². The third kappa shape index (κ3) is 7.85. The van der Waals surface area contributed by atoms with Crippen molar-refractivity contribution in [2.75, 3.05) is 10.8 Å². The average Bonchev–Trinajstić information content (AvgIpc) is 2.99. The predicted molar refractivity (Wildman–Crippen MR) is 166 cm³/mol. The summed E-state index contributed by atoms with van der Waals surface area (Å²) in [5.41, 5.74) is 3.04. The Kier molecular flexibility index (Phi) is 10.1. The zero-order chi connectivity index (χ0) is 30.1. The van der Waals surface area contributed by atoms with Crippen LogP contribution in [0, 0.1) is 6.92 Å². The van der Waals surface area contributed by atoms with Gasteiger partial charge < -0.3 is 10.2 Å². The van der Waals surface area contributed by atoms with E-state index in [1.54, 1.807) is 30.3 Å². The number of carbonyl (C=O) groups excluding carboxylic acids is 2. The highest BCUT2D eigenvalue weighted by molar-refractivity contribution is 7.92. The largest absolute Gasteiger partial charge is 0.352 e. The summed E-state index contributed by atoms with van der Waals surface area (Å²) in [5, 5.41) is 2.97. The van der Waals surface area contributed by atoms with Crippen molar-refractivity contribution < 1.29 is 18.0 Å². The molecule has 2 amide bonds. The second-order valence-corrected chi connectivity index (χ2v) is 12.4. The molecule has 0 bridgehead atoms. The minimum atomic E-state index is -4.11. The third-order valence-electron chi connectivity index (χ3n) is 6.83. The van der Waals surface area contributed by atoms with Crippen LogP contribution >= 0.6 is 0 Å². The molecule has 0 saturated carbocycles. The van der Waals surface area contributed by atoms with Crippen molar-refractivity contribution in [3.05, 3.63) is 132 Å². The van der Waals surface area contributed by atoms with Gasteiger partial charge in [0.1, 0.15) is 12.6 Å². The Morgan fingerprint density at radius 2 is 1.26 bits per heavy atom. The molecule has 0 aliphatic carbocycles. The first-order valence-corrected chi connectivity index (χ1v) is 15.4. The number of nitrogens with zero attached hydrogens (tertiary/aromatic N) is 2. The van der Waals surface area contributed by atoms with Crippen LogP contribution in [-0.4, -0.2) is 43.8 Å². The molecule has 0 spiro atoms. The molecule has 7 nitrogen and oxygen atoms in total. The van der Waals surface area contributed by atoms with E-state index < -0.39 is 28.5 Å². The molecule has 0 unspecified atom stereocenters. The molecule has 0 aliphatic rings. The Morgan fingerprint density at radius 3 is 1.81 bits per heavy atom. The number of sulfonamides is 1. The summed E-state index contributed by atoms with van der Waals surface area (Å²) in [5.74, 6) is -0.787. The van der Waals surface area contributed by atoms with Gasteiger partial charge in [-0.05, 0) is 56.2 Å². The molecule has 4 aromatic carbocycles. The number of hydrogen-bond donors (Lipinski definition) is 1. The van der Waals surface area contributed by atoms with Crippen molar-refractivity contribution >= 4 is 27.5 Å². The highest BCUT2D eigenvalue weighted by atomic mass is 32.2. The van der Waals surface area contributed by atoms with E-state index in [9.17, 15) is 18.0 Å².